The number of β-amino-alcohol motifs (C(OH)–C–C–N with tert-alkyl or cyclic N) is 1. The average Bonchev–Trinajstić information content (AvgIpc) is 2.67. The fraction of sp³-hybridized carbons (Fsp3) is 0.846. The Morgan fingerprint density at radius 2 is 2.00 bits per heavy atom. The van der Waals surface area contributed by atoms with E-state index in [1.165, 1.54) is 19.3 Å². The van der Waals surface area contributed by atoms with Crippen LogP contribution in [0.25, 0.3) is 0 Å². The normalized spacial score (nSPS) is 36.1. The van der Waals surface area contributed by atoms with E-state index in [1.54, 1.807) is 0 Å². The molecule has 0 spiro atoms. The van der Waals surface area contributed by atoms with Crippen molar-refractivity contribution >= 4 is 0 Å². The van der Waals surface area contributed by atoms with E-state index in [0.717, 1.165) is 25.0 Å². The summed E-state index contributed by atoms with van der Waals surface area (Å²) >= 11 is 0. The molecule has 1 saturated carbocycles. The molecule has 2 rings (SSSR count). The van der Waals surface area contributed by atoms with Crippen LogP contribution in [0.15, 0.2) is 12.2 Å². The van der Waals surface area contributed by atoms with Gasteiger partial charge in [0.25, 0.3) is 0 Å². The van der Waals surface area contributed by atoms with Crippen molar-refractivity contribution in [2.75, 3.05) is 13.1 Å². The summed E-state index contributed by atoms with van der Waals surface area (Å²) < 4.78 is 0. The molecule has 0 bridgehead atoms. The third-order valence-corrected chi connectivity index (χ3v) is 3.40. The molecule has 1 aliphatic heterocycles. The predicted octanol–water partition coefficient (Wildman–Crippen LogP) is 2.43. The number of hydrogen-bond donors (Lipinski definition) is 1. The van der Waals surface area contributed by atoms with Crippen molar-refractivity contribution in [3.05, 3.63) is 12.2 Å². The first-order valence-corrected chi connectivity index (χ1v) is 6.36. The number of rotatable bonds is 1. The summed E-state index contributed by atoms with van der Waals surface area (Å²) in [6.07, 6.45) is 7.82. The van der Waals surface area contributed by atoms with E-state index in [2.05, 4.69) is 17.9 Å². The SMILES string of the molecule is CC.CC1CCCC1N1CC=CC(O)C1. The Morgan fingerprint density at radius 3 is 2.53 bits per heavy atom. The first kappa shape index (κ1) is 12.7. The Hall–Kier alpha value is -0.340. The lowest BCUT2D eigenvalue weighted by molar-refractivity contribution is 0.1000. The van der Waals surface area contributed by atoms with Gasteiger partial charge in [0.1, 0.15) is 0 Å². The lowest BCUT2D eigenvalue weighted by Gasteiger charge is -2.34. The van der Waals surface area contributed by atoms with Crippen LogP contribution in [0.3, 0.4) is 0 Å². The first-order valence-electron chi connectivity index (χ1n) is 6.36. The van der Waals surface area contributed by atoms with Gasteiger partial charge in [0.2, 0.25) is 0 Å². The van der Waals surface area contributed by atoms with Crippen LogP contribution >= 0.6 is 0 Å². The molecule has 2 heteroatoms. The molecule has 0 aromatic rings. The molecule has 2 aliphatic rings. The van der Waals surface area contributed by atoms with Gasteiger partial charge in [-0.15, -0.1) is 0 Å². The van der Waals surface area contributed by atoms with Crippen LogP contribution in [-0.2, 0) is 0 Å². The van der Waals surface area contributed by atoms with Gasteiger partial charge in [-0.1, -0.05) is 39.3 Å². The van der Waals surface area contributed by atoms with Crippen molar-refractivity contribution in [3.63, 3.8) is 0 Å². The van der Waals surface area contributed by atoms with Crippen LogP contribution in [0.2, 0.25) is 0 Å². The molecular weight excluding hydrogens is 186 g/mol. The van der Waals surface area contributed by atoms with Gasteiger partial charge in [-0.2, -0.15) is 0 Å². The predicted molar refractivity (Wildman–Crippen MR) is 64.9 cm³/mol. The quantitative estimate of drug-likeness (QED) is 0.673. The van der Waals surface area contributed by atoms with Gasteiger partial charge in [0.05, 0.1) is 6.10 Å². The standard InChI is InChI=1S/C11H19NO.C2H6/c1-9-4-2-6-11(9)12-7-3-5-10(13)8-12;1-2/h3,5,9-11,13H,2,4,6-8H2,1H3;1-2H3. The zero-order chi connectivity index (χ0) is 11.3. The van der Waals surface area contributed by atoms with Gasteiger partial charge >= 0.3 is 0 Å². The second kappa shape index (κ2) is 6.29. The molecule has 15 heavy (non-hydrogen) atoms. The second-order valence-corrected chi connectivity index (χ2v) is 4.42. The maximum absolute atomic E-state index is 9.50. The summed E-state index contributed by atoms with van der Waals surface area (Å²) in [7, 11) is 0. The number of aliphatic hydroxyl groups is 1. The van der Waals surface area contributed by atoms with Crippen LogP contribution in [0.5, 0.6) is 0 Å². The summed E-state index contributed by atoms with van der Waals surface area (Å²) in [4.78, 5) is 2.43. The largest absolute Gasteiger partial charge is 0.388 e. The minimum atomic E-state index is -0.235. The Morgan fingerprint density at radius 1 is 1.27 bits per heavy atom. The van der Waals surface area contributed by atoms with E-state index < -0.39 is 0 Å². The number of nitrogens with zero attached hydrogens (tertiary/aromatic N) is 1. The second-order valence-electron chi connectivity index (χ2n) is 4.42. The van der Waals surface area contributed by atoms with E-state index in [1.807, 2.05) is 19.9 Å². The maximum atomic E-state index is 9.50. The van der Waals surface area contributed by atoms with E-state index in [0.29, 0.717) is 0 Å². The van der Waals surface area contributed by atoms with E-state index in [-0.39, 0.29) is 6.10 Å². The summed E-state index contributed by atoms with van der Waals surface area (Å²) in [6, 6.07) is 0.722. The zero-order valence-corrected chi connectivity index (χ0v) is 10.3. The van der Waals surface area contributed by atoms with E-state index in [9.17, 15) is 5.11 Å². The summed E-state index contributed by atoms with van der Waals surface area (Å²) in [5.41, 5.74) is 0. The van der Waals surface area contributed by atoms with Crippen molar-refractivity contribution in [2.45, 2.75) is 52.2 Å². The maximum Gasteiger partial charge on any atom is 0.0848 e. The highest BCUT2D eigenvalue weighted by Crippen LogP contribution is 2.30. The summed E-state index contributed by atoms with van der Waals surface area (Å²) in [5, 5.41) is 9.50. The minimum absolute atomic E-state index is 0.235. The molecule has 0 radical (unpaired) electrons. The molecule has 1 N–H and O–H groups in total. The van der Waals surface area contributed by atoms with Crippen molar-refractivity contribution in [1.82, 2.24) is 4.90 Å². The van der Waals surface area contributed by atoms with Crippen molar-refractivity contribution in [2.24, 2.45) is 5.92 Å². The van der Waals surface area contributed by atoms with Gasteiger partial charge in [-0.05, 0) is 18.8 Å². The highest BCUT2D eigenvalue weighted by Gasteiger charge is 2.30. The van der Waals surface area contributed by atoms with Gasteiger partial charge in [0.15, 0.2) is 0 Å². The number of hydrogen-bond acceptors (Lipinski definition) is 2. The molecule has 1 heterocycles. The molecule has 3 unspecified atom stereocenters. The Labute approximate surface area is 94.0 Å². The molecule has 0 aromatic heterocycles. The van der Waals surface area contributed by atoms with Gasteiger partial charge < -0.3 is 5.11 Å². The van der Waals surface area contributed by atoms with Crippen LogP contribution < -0.4 is 0 Å². The zero-order valence-electron chi connectivity index (χ0n) is 10.3. The fourth-order valence-corrected chi connectivity index (χ4v) is 2.67. The fourth-order valence-electron chi connectivity index (χ4n) is 2.67. The lowest BCUT2D eigenvalue weighted by Crippen LogP contribution is -2.43. The van der Waals surface area contributed by atoms with E-state index in [4.69, 9.17) is 0 Å². The smallest absolute Gasteiger partial charge is 0.0848 e. The molecule has 3 atom stereocenters. The molecule has 0 saturated heterocycles. The Balaban J connectivity index is 0.000000531. The van der Waals surface area contributed by atoms with Crippen LogP contribution in [0.4, 0.5) is 0 Å². The van der Waals surface area contributed by atoms with Gasteiger partial charge in [-0.25, -0.2) is 0 Å². The van der Waals surface area contributed by atoms with Gasteiger partial charge in [0, 0.05) is 19.1 Å². The minimum Gasteiger partial charge on any atom is -0.388 e. The highest BCUT2D eigenvalue weighted by atomic mass is 16.3. The summed E-state index contributed by atoms with van der Waals surface area (Å²) in [5.74, 6) is 0.818. The highest BCUT2D eigenvalue weighted by molar-refractivity contribution is 5.00. The lowest BCUT2D eigenvalue weighted by atomic mass is 10.0. The Kier molecular flexibility index (Phi) is 5.34. The van der Waals surface area contributed by atoms with Gasteiger partial charge in [-0.3, -0.25) is 4.90 Å². The third-order valence-electron chi connectivity index (χ3n) is 3.40. The van der Waals surface area contributed by atoms with E-state index >= 15 is 0 Å². The van der Waals surface area contributed by atoms with Crippen LogP contribution in [0.1, 0.15) is 40.0 Å². The molecule has 0 amide bonds. The molecule has 1 fully saturated rings. The monoisotopic (exact) mass is 211 g/mol. The topological polar surface area (TPSA) is 23.5 Å². The van der Waals surface area contributed by atoms with Crippen LogP contribution in [0, 0.1) is 5.92 Å². The first-order chi connectivity index (χ1) is 7.27. The van der Waals surface area contributed by atoms with Crippen LogP contribution in [-0.4, -0.2) is 35.2 Å². The molecular formula is C13H25NO. The Bertz CT molecular complexity index is 203. The molecule has 0 aromatic carbocycles. The molecule has 2 nitrogen and oxygen atoms in total. The average molecular weight is 211 g/mol. The van der Waals surface area contributed by atoms with Crippen molar-refractivity contribution in [1.29, 1.82) is 0 Å². The van der Waals surface area contributed by atoms with Crippen molar-refractivity contribution in [3.8, 4) is 0 Å². The number of aliphatic hydroxyl groups excluding tert-OH is 1. The van der Waals surface area contributed by atoms with Crippen molar-refractivity contribution < 1.29 is 5.11 Å². The molecule has 88 valence electrons. The summed E-state index contributed by atoms with van der Waals surface area (Å²) in [6.45, 7) is 8.21. The molecule has 1 aliphatic carbocycles. The third kappa shape index (κ3) is 3.32.